The van der Waals surface area contributed by atoms with E-state index in [0.29, 0.717) is 23.0 Å². The molecule has 0 spiro atoms. The van der Waals surface area contributed by atoms with Gasteiger partial charge in [-0.15, -0.1) is 0 Å². The highest BCUT2D eigenvalue weighted by molar-refractivity contribution is 6.30. The van der Waals surface area contributed by atoms with Crippen LogP contribution in [-0.2, 0) is 13.6 Å². The predicted molar refractivity (Wildman–Crippen MR) is 77.8 cm³/mol. The van der Waals surface area contributed by atoms with Crippen LogP contribution in [0.2, 0.25) is 5.02 Å². The molecule has 1 aromatic carbocycles. The number of nitrogens with one attached hydrogen (secondary N) is 1. The zero-order chi connectivity index (χ0) is 14.1. The number of hydrogen-bond acceptors (Lipinski definition) is 2. The van der Waals surface area contributed by atoms with E-state index in [1.165, 1.54) is 18.5 Å². The first-order valence-corrected chi connectivity index (χ1v) is 7.08. The largest absolute Gasteiger partial charge is 0.346 e. The molecule has 1 aliphatic carbocycles. The van der Waals surface area contributed by atoms with Crippen LogP contribution in [0.4, 0.5) is 0 Å². The Kier molecular flexibility index (Phi) is 3.49. The van der Waals surface area contributed by atoms with Crippen LogP contribution in [0.5, 0.6) is 0 Å². The second kappa shape index (κ2) is 5.29. The van der Waals surface area contributed by atoms with Crippen LogP contribution < -0.4 is 5.32 Å². The van der Waals surface area contributed by atoms with Gasteiger partial charge in [-0.1, -0.05) is 17.7 Å². The van der Waals surface area contributed by atoms with E-state index in [1.54, 1.807) is 24.3 Å². The average molecular weight is 290 g/mol. The quantitative estimate of drug-likeness (QED) is 0.941. The molecule has 1 aromatic heterocycles. The maximum atomic E-state index is 12.0. The van der Waals surface area contributed by atoms with E-state index >= 15 is 0 Å². The number of rotatable bonds is 4. The first-order chi connectivity index (χ1) is 9.63. The smallest absolute Gasteiger partial charge is 0.251 e. The lowest BCUT2D eigenvalue weighted by molar-refractivity contribution is 0.0950. The van der Waals surface area contributed by atoms with E-state index in [2.05, 4.69) is 16.5 Å². The molecule has 2 aromatic rings. The maximum Gasteiger partial charge on any atom is 0.251 e. The van der Waals surface area contributed by atoms with Gasteiger partial charge in [-0.3, -0.25) is 9.48 Å². The van der Waals surface area contributed by atoms with Crippen LogP contribution in [0.15, 0.2) is 30.3 Å². The third-order valence-electron chi connectivity index (χ3n) is 3.48. The number of hydrogen-bond donors (Lipinski definition) is 1. The van der Waals surface area contributed by atoms with Crippen molar-refractivity contribution in [2.75, 3.05) is 0 Å². The molecule has 0 atom stereocenters. The summed E-state index contributed by atoms with van der Waals surface area (Å²) in [6.07, 6.45) is 2.49. The van der Waals surface area contributed by atoms with Crippen LogP contribution in [0.25, 0.3) is 0 Å². The number of aryl methyl sites for hydroxylation is 1. The van der Waals surface area contributed by atoms with Crippen LogP contribution in [0, 0.1) is 0 Å². The van der Waals surface area contributed by atoms with Crippen molar-refractivity contribution >= 4 is 17.5 Å². The Morgan fingerprint density at radius 1 is 1.45 bits per heavy atom. The standard InChI is InChI=1S/C15H16ClN3O/c1-19-14(10-5-6-10)8-13(18-19)9-17-15(20)11-3-2-4-12(16)7-11/h2-4,7-8,10H,5-6,9H2,1H3,(H,17,20). The maximum absolute atomic E-state index is 12.0. The molecule has 0 bridgehead atoms. The highest BCUT2D eigenvalue weighted by atomic mass is 35.5. The van der Waals surface area contributed by atoms with Crippen molar-refractivity contribution < 1.29 is 4.79 Å². The minimum absolute atomic E-state index is 0.133. The summed E-state index contributed by atoms with van der Waals surface area (Å²) in [5, 5.41) is 7.86. The molecule has 1 saturated carbocycles. The van der Waals surface area contributed by atoms with Gasteiger partial charge in [-0.05, 0) is 37.1 Å². The van der Waals surface area contributed by atoms with Crippen LogP contribution in [-0.4, -0.2) is 15.7 Å². The van der Waals surface area contributed by atoms with Gasteiger partial charge in [-0.25, -0.2) is 0 Å². The molecular weight excluding hydrogens is 274 g/mol. The second-order valence-corrected chi connectivity index (χ2v) is 5.59. The second-order valence-electron chi connectivity index (χ2n) is 5.15. The molecule has 1 N–H and O–H groups in total. The SMILES string of the molecule is Cn1nc(CNC(=O)c2cccc(Cl)c2)cc1C1CC1. The number of halogens is 1. The zero-order valence-corrected chi connectivity index (χ0v) is 12.0. The van der Waals surface area contributed by atoms with Crippen molar-refractivity contribution in [1.29, 1.82) is 0 Å². The molecule has 104 valence electrons. The minimum Gasteiger partial charge on any atom is -0.346 e. The number of nitrogens with zero attached hydrogens (tertiary/aromatic N) is 2. The Hall–Kier alpha value is -1.81. The van der Waals surface area contributed by atoms with Gasteiger partial charge >= 0.3 is 0 Å². The number of carbonyl (C=O) groups is 1. The highest BCUT2D eigenvalue weighted by Gasteiger charge is 2.27. The molecule has 3 rings (SSSR count). The van der Waals surface area contributed by atoms with Crippen LogP contribution >= 0.6 is 11.6 Å². The van der Waals surface area contributed by atoms with Gasteiger partial charge in [0.15, 0.2) is 0 Å². The molecule has 20 heavy (non-hydrogen) atoms. The fourth-order valence-electron chi connectivity index (χ4n) is 2.29. The van der Waals surface area contributed by atoms with Crippen molar-refractivity contribution in [2.24, 2.45) is 7.05 Å². The van der Waals surface area contributed by atoms with Crippen molar-refractivity contribution in [2.45, 2.75) is 25.3 Å². The van der Waals surface area contributed by atoms with Crippen LogP contribution in [0.1, 0.15) is 40.5 Å². The lowest BCUT2D eigenvalue weighted by atomic mass is 10.2. The number of aromatic nitrogens is 2. The minimum atomic E-state index is -0.133. The van der Waals surface area contributed by atoms with Gasteiger partial charge in [0.25, 0.3) is 5.91 Å². The van der Waals surface area contributed by atoms with Crippen molar-refractivity contribution in [3.05, 3.63) is 52.3 Å². The Balaban J connectivity index is 1.64. The summed E-state index contributed by atoms with van der Waals surface area (Å²) in [6, 6.07) is 9.00. The topological polar surface area (TPSA) is 46.9 Å². The molecule has 0 unspecified atom stereocenters. The number of benzene rings is 1. The van der Waals surface area contributed by atoms with E-state index in [9.17, 15) is 4.79 Å². The van der Waals surface area contributed by atoms with E-state index in [4.69, 9.17) is 11.6 Å². The summed E-state index contributed by atoms with van der Waals surface area (Å²) >= 11 is 5.88. The van der Waals surface area contributed by atoms with E-state index in [0.717, 1.165) is 5.69 Å². The van der Waals surface area contributed by atoms with Gasteiger partial charge in [-0.2, -0.15) is 5.10 Å². The molecule has 0 radical (unpaired) electrons. The Morgan fingerprint density at radius 2 is 2.25 bits per heavy atom. The molecule has 1 amide bonds. The fourth-order valence-corrected chi connectivity index (χ4v) is 2.48. The van der Waals surface area contributed by atoms with Gasteiger partial charge in [0, 0.05) is 29.2 Å². The van der Waals surface area contributed by atoms with Gasteiger partial charge < -0.3 is 5.32 Å². The summed E-state index contributed by atoms with van der Waals surface area (Å²) < 4.78 is 1.92. The van der Waals surface area contributed by atoms with E-state index < -0.39 is 0 Å². The summed E-state index contributed by atoms with van der Waals surface area (Å²) in [7, 11) is 1.95. The van der Waals surface area contributed by atoms with Gasteiger partial charge in [0.05, 0.1) is 12.2 Å². The first kappa shape index (κ1) is 13.2. The highest BCUT2D eigenvalue weighted by Crippen LogP contribution is 2.39. The molecule has 0 aliphatic heterocycles. The Bertz CT molecular complexity index is 646. The van der Waals surface area contributed by atoms with Crippen LogP contribution in [0.3, 0.4) is 0 Å². The lowest BCUT2D eigenvalue weighted by Crippen LogP contribution is -2.23. The molecular formula is C15H16ClN3O. The first-order valence-electron chi connectivity index (χ1n) is 6.70. The monoisotopic (exact) mass is 289 g/mol. The summed E-state index contributed by atoms with van der Waals surface area (Å²) in [4.78, 5) is 12.0. The van der Waals surface area contributed by atoms with E-state index in [-0.39, 0.29) is 5.91 Å². The Morgan fingerprint density at radius 3 is 2.95 bits per heavy atom. The summed E-state index contributed by atoms with van der Waals surface area (Å²) in [5.41, 5.74) is 2.72. The molecule has 1 aliphatic rings. The predicted octanol–water partition coefficient (Wildman–Crippen LogP) is 2.88. The fraction of sp³-hybridized carbons (Fsp3) is 0.333. The summed E-state index contributed by atoms with van der Waals surface area (Å²) in [5.74, 6) is 0.524. The van der Waals surface area contributed by atoms with Crippen molar-refractivity contribution in [1.82, 2.24) is 15.1 Å². The lowest BCUT2D eigenvalue weighted by Gasteiger charge is -2.03. The van der Waals surface area contributed by atoms with Crippen molar-refractivity contribution in [3.8, 4) is 0 Å². The van der Waals surface area contributed by atoms with Gasteiger partial charge in [0.2, 0.25) is 0 Å². The third kappa shape index (κ3) is 2.85. The molecule has 1 fully saturated rings. The number of carbonyl (C=O) groups excluding carboxylic acids is 1. The third-order valence-corrected chi connectivity index (χ3v) is 3.71. The van der Waals surface area contributed by atoms with Crippen molar-refractivity contribution in [3.63, 3.8) is 0 Å². The number of amides is 1. The zero-order valence-electron chi connectivity index (χ0n) is 11.3. The summed E-state index contributed by atoms with van der Waals surface area (Å²) in [6.45, 7) is 0.436. The molecule has 4 nitrogen and oxygen atoms in total. The molecule has 1 heterocycles. The Labute approximate surface area is 122 Å². The van der Waals surface area contributed by atoms with E-state index in [1.807, 2.05) is 11.7 Å². The molecule has 0 saturated heterocycles. The molecule has 5 heteroatoms. The van der Waals surface area contributed by atoms with Gasteiger partial charge in [0.1, 0.15) is 0 Å². The average Bonchev–Trinajstić information content (AvgIpc) is 3.20. The normalized spacial score (nSPS) is 14.3.